The van der Waals surface area contributed by atoms with E-state index in [-0.39, 0.29) is 5.56 Å². The summed E-state index contributed by atoms with van der Waals surface area (Å²) >= 11 is -1.36. The van der Waals surface area contributed by atoms with Gasteiger partial charge in [0.05, 0.1) is 10.9 Å². The lowest BCUT2D eigenvalue weighted by Crippen LogP contribution is -2.40. The molecule has 0 aromatic heterocycles. The molecule has 0 saturated carbocycles. The maximum Gasteiger partial charge on any atom is 0.341 e. The number of halogens is 2. The first-order chi connectivity index (χ1) is 9.89. The zero-order valence-corrected chi connectivity index (χ0v) is 14.8. The van der Waals surface area contributed by atoms with Crippen LogP contribution in [-0.4, -0.2) is 23.5 Å². The molecule has 1 aromatic rings. The summed E-state index contributed by atoms with van der Waals surface area (Å²) in [6.45, 7) is 8.58. The van der Waals surface area contributed by atoms with E-state index in [9.17, 15) is 21.8 Å². The molecule has 0 bridgehead atoms. The SMILES string of the molecule is Cc1c([C@@H](C)N[S@@+]([O-])C(C)(C)C)cccc1S(=O)(=O)C(F)F. The zero-order valence-electron chi connectivity index (χ0n) is 13.2. The minimum Gasteiger partial charge on any atom is -0.598 e. The Morgan fingerprint density at radius 2 is 1.82 bits per heavy atom. The van der Waals surface area contributed by atoms with Crippen molar-refractivity contribution >= 4 is 21.2 Å². The summed E-state index contributed by atoms with van der Waals surface area (Å²) in [6.07, 6.45) is 0. The standard InChI is InChI=1S/C14H21F2NO3S2/c1-9-11(10(2)17-21(18)14(3,4)5)7-6-8-12(9)22(19,20)13(15)16/h6-8,10,13,17H,1-5H3/t10-,21+/m1/s1. The van der Waals surface area contributed by atoms with Gasteiger partial charge in [-0.3, -0.25) is 0 Å². The Morgan fingerprint density at radius 3 is 2.27 bits per heavy atom. The number of alkyl halides is 2. The van der Waals surface area contributed by atoms with Crippen molar-refractivity contribution in [2.24, 2.45) is 0 Å². The Labute approximate surface area is 133 Å². The lowest BCUT2D eigenvalue weighted by molar-refractivity contribution is 0.234. The van der Waals surface area contributed by atoms with Crippen LogP contribution in [-0.2, 0) is 21.2 Å². The van der Waals surface area contributed by atoms with E-state index in [1.807, 2.05) is 0 Å². The van der Waals surface area contributed by atoms with Gasteiger partial charge in [-0.15, -0.1) is 4.72 Å². The molecule has 0 amide bonds. The summed E-state index contributed by atoms with van der Waals surface area (Å²) in [7, 11) is -4.66. The summed E-state index contributed by atoms with van der Waals surface area (Å²) in [4.78, 5) is -0.393. The molecular weight excluding hydrogens is 332 g/mol. The van der Waals surface area contributed by atoms with Crippen LogP contribution in [0.4, 0.5) is 8.78 Å². The summed E-state index contributed by atoms with van der Waals surface area (Å²) in [6, 6.07) is 3.77. The molecule has 0 radical (unpaired) electrons. The number of benzene rings is 1. The Balaban J connectivity index is 3.18. The van der Waals surface area contributed by atoms with Crippen LogP contribution in [0.1, 0.15) is 44.9 Å². The summed E-state index contributed by atoms with van der Waals surface area (Å²) < 4.78 is 63.3. The second kappa shape index (κ2) is 6.82. The number of nitrogens with one attached hydrogen (secondary N) is 1. The fourth-order valence-electron chi connectivity index (χ4n) is 1.91. The van der Waals surface area contributed by atoms with Gasteiger partial charge in [0, 0.05) is 11.4 Å². The second-order valence-electron chi connectivity index (χ2n) is 6.00. The van der Waals surface area contributed by atoms with Crippen LogP contribution in [0.2, 0.25) is 0 Å². The van der Waals surface area contributed by atoms with Gasteiger partial charge in [0.25, 0.3) is 0 Å². The highest BCUT2D eigenvalue weighted by atomic mass is 32.2. The normalized spacial score (nSPS) is 15.9. The summed E-state index contributed by atoms with van der Waals surface area (Å²) in [5.74, 6) is -3.46. The van der Waals surface area contributed by atoms with Crippen LogP contribution < -0.4 is 4.72 Å². The monoisotopic (exact) mass is 353 g/mol. The van der Waals surface area contributed by atoms with E-state index < -0.39 is 42.6 Å². The molecule has 0 fully saturated rings. The molecule has 0 saturated heterocycles. The van der Waals surface area contributed by atoms with E-state index in [4.69, 9.17) is 0 Å². The molecular formula is C14H21F2NO3S2. The van der Waals surface area contributed by atoms with Crippen LogP contribution in [0.5, 0.6) is 0 Å². The highest BCUT2D eigenvalue weighted by molar-refractivity contribution is 7.91. The molecule has 0 spiro atoms. The average molecular weight is 353 g/mol. The molecule has 1 rings (SSSR count). The van der Waals surface area contributed by atoms with Crippen LogP contribution >= 0.6 is 0 Å². The van der Waals surface area contributed by atoms with Crippen molar-refractivity contribution < 1.29 is 21.8 Å². The Morgan fingerprint density at radius 1 is 1.27 bits per heavy atom. The van der Waals surface area contributed by atoms with Crippen LogP contribution in [0, 0.1) is 6.92 Å². The number of rotatable bonds is 5. The lowest BCUT2D eigenvalue weighted by atomic mass is 10.0. The Bertz CT molecular complexity index is 627. The molecule has 126 valence electrons. The first-order valence-corrected chi connectivity index (χ1v) is 9.38. The zero-order chi connectivity index (χ0) is 17.3. The fraction of sp³-hybridized carbons (Fsp3) is 0.571. The van der Waals surface area contributed by atoms with Gasteiger partial charge in [-0.25, -0.2) is 8.42 Å². The van der Waals surface area contributed by atoms with Gasteiger partial charge in [-0.2, -0.15) is 8.78 Å². The summed E-state index contributed by atoms with van der Waals surface area (Å²) in [5.41, 5.74) is 0.771. The molecule has 8 heteroatoms. The average Bonchev–Trinajstić information content (AvgIpc) is 2.37. The molecule has 0 unspecified atom stereocenters. The smallest absolute Gasteiger partial charge is 0.341 e. The van der Waals surface area contributed by atoms with Gasteiger partial charge in [0.2, 0.25) is 9.84 Å². The van der Waals surface area contributed by atoms with E-state index in [2.05, 4.69) is 4.72 Å². The minimum atomic E-state index is -4.66. The van der Waals surface area contributed by atoms with E-state index in [1.165, 1.54) is 13.0 Å². The van der Waals surface area contributed by atoms with Crippen molar-refractivity contribution in [3.05, 3.63) is 29.3 Å². The van der Waals surface area contributed by atoms with E-state index in [0.29, 0.717) is 5.56 Å². The van der Waals surface area contributed by atoms with Crippen molar-refractivity contribution in [1.82, 2.24) is 4.72 Å². The number of hydrogen-bond acceptors (Lipinski definition) is 4. The van der Waals surface area contributed by atoms with Crippen LogP contribution in [0.3, 0.4) is 0 Å². The third-order valence-corrected chi connectivity index (χ3v) is 6.38. The minimum absolute atomic E-state index is 0.244. The van der Waals surface area contributed by atoms with Gasteiger partial charge in [0.1, 0.15) is 4.75 Å². The molecule has 4 nitrogen and oxygen atoms in total. The molecule has 1 N–H and O–H groups in total. The third kappa shape index (κ3) is 4.18. The van der Waals surface area contributed by atoms with Gasteiger partial charge >= 0.3 is 5.76 Å². The molecule has 2 atom stereocenters. The van der Waals surface area contributed by atoms with Gasteiger partial charge in [-0.1, -0.05) is 12.1 Å². The first kappa shape index (κ1) is 19.3. The molecule has 1 aromatic carbocycles. The molecule has 0 aliphatic heterocycles. The van der Waals surface area contributed by atoms with Crippen molar-refractivity contribution in [3.63, 3.8) is 0 Å². The van der Waals surface area contributed by atoms with Crippen LogP contribution in [0.15, 0.2) is 23.1 Å². The first-order valence-electron chi connectivity index (χ1n) is 6.68. The maximum atomic E-state index is 12.7. The number of sulfone groups is 1. The highest BCUT2D eigenvalue weighted by Gasteiger charge is 2.32. The molecule has 0 aliphatic rings. The van der Waals surface area contributed by atoms with E-state index >= 15 is 0 Å². The quantitative estimate of drug-likeness (QED) is 0.826. The van der Waals surface area contributed by atoms with Gasteiger partial charge in [0.15, 0.2) is 0 Å². The summed E-state index contributed by atoms with van der Waals surface area (Å²) in [5, 5.41) is 0. The number of hydrogen-bond donors (Lipinski definition) is 1. The molecule has 0 aliphatic carbocycles. The molecule has 0 heterocycles. The largest absolute Gasteiger partial charge is 0.598 e. The maximum absolute atomic E-state index is 12.7. The fourth-order valence-corrected chi connectivity index (χ4v) is 3.71. The van der Waals surface area contributed by atoms with Crippen molar-refractivity contribution in [1.29, 1.82) is 0 Å². The second-order valence-corrected chi connectivity index (χ2v) is 9.88. The van der Waals surface area contributed by atoms with Gasteiger partial charge < -0.3 is 4.55 Å². The van der Waals surface area contributed by atoms with Crippen molar-refractivity contribution in [3.8, 4) is 0 Å². The van der Waals surface area contributed by atoms with E-state index in [1.54, 1.807) is 33.8 Å². The topological polar surface area (TPSA) is 69.2 Å². The van der Waals surface area contributed by atoms with E-state index in [0.717, 1.165) is 6.07 Å². The predicted octanol–water partition coefficient (Wildman–Crippen LogP) is 3.10. The predicted molar refractivity (Wildman–Crippen MR) is 83.8 cm³/mol. The van der Waals surface area contributed by atoms with Gasteiger partial charge in [-0.05, 0) is 51.8 Å². The van der Waals surface area contributed by atoms with Crippen molar-refractivity contribution in [2.45, 2.75) is 56.1 Å². The lowest BCUT2D eigenvalue weighted by Gasteiger charge is -2.27. The Hall–Kier alpha value is -0.700. The highest BCUT2D eigenvalue weighted by Crippen LogP contribution is 2.28. The Kier molecular flexibility index (Phi) is 6.00. The molecule has 22 heavy (non-hydrogen) atoms. The van der Waals surface area contributed by atoms with Crippen LogP contribution in [0.25, 0.3) is 0 Å². The van der Waals surface area contributed by atoms with Crippen molar-refractivity contribution in [2.75, 3.05) is 0 Å². The third-order valence-electron chi connectivity index (χ3n) is 3.17.